The number of anilines is 1. The SMILES string of the molecule is Cc1ccc(OC(F)F)c(Cn2c3cc(-c4cnc(N5CCN(C(=O)C(C)NC(=O)O)C(C)C5)nc4)ccc3c(=O)n2C)c1. The highest BCUT2D eigenvalue weighted by molar-refractivity contribution is 5.86. The summed E-state index contributed by atoms with van der Waals surface area (Å²) in [4.78, 5) is 49.4. The van der Waals surface area contributed by atoms with Crippen molar-refractivity contribution in [2.45, 2.75) is 46.0 Å². The van der Waals surface area contributed by atoms with E-state index in [9.17, 15) is 23.2 Å². The lowest BCUT2D eigenvalue weighted by Gasteiger charge is -2.40. The Morgan fingerprint density at radius 3 is 2.50 bits per heavy atom. The number of carbonyl (C=O) groups is 2. The number of alkyl halides is 2. The van der Waals surface area contributed by atoms with E-state index in [0.717, 1.165) is 11.1 Å². The number of halogens is 2. The van der Waals surface area contributed by atoms with Crippen molar-refractivity contribution >= 4 is 28.9 Å². The minimum Gasteiger partial charge on any atom is -0.465 e. The van der Waals surface area contributed by atoms with Gasteiger partial charge in [-0.15, -0.1) is 0 Å². The van der Waals surface area contributed by atoms with Crippen molar-refractivity contribution in [2.75, 3.05) is 24.5 Å². The molecule has 1 saturated heterocycles. The van der Waals surface area contributed by atoms with Crippen LogP contribution in [-0.2, 0) is 18.4 Å². The van der Waals surface area contributed by atoms with Gasteiger partial charge in [-0.3, -0.25) is 19.0 Å². The van der Waals surface area contributed by atoms with Gasteiger partial charge in [0.2, 0.25) is 11.9 Å². The minimum atomic E-state index is -2.98. The van der Waals surface area contributed by atoms with Gasteiger partial charge in [0.25, 0.3) is 5.56 Å². The van der Waals surface area contributed by atoms with Crippen molar-refractivity contribution in [3.8, 4) is 16.9 Å². The summed E-state index contributed by atoms with van der Waals surface area (Å²) in [7, 11) is 1.63. The number of carboxylic acid groups (broad SMARTS) is 1. The van der Waals surface area contributed by atoms with Crippen LogP contribution in [0.3, 0.4) is 0 Å². The van der Waals surface area contributed by atoms with E-state index in [1.165, 1.54) is 17.7 Å². The summed E-state index contributed by atoms with van der Waals surface area (Å²) >= 11 is 0. The predicted octanol–water partition coefficient (Wildman–Crippen LogP) is 3.45. The van der Waals surface area contributed by atoms with E-state index >= 15 is 0 Å². The molecule has 2 aromatic carbocycles. The predicted molar refractivity (Wildman–Crippen MR) is 159 cm³/mol. The third-order valence-corrected chi connectivity index (χ3v) is 7.79. The highest BCUT2D eigenvalue weighted by atomic mass is 19.3. The van der Waals surface area contributed by atoms with Crippen LogP contribution >= 0.6 is 0 Å². The fraction of sp³-hybridized carbons (Fsp3) is 0.367. The first-order chi connectivity index (χ1) is 20.9. The molecule has 5 rings (SSSR count). The maximum Gasteiger partial charge on any atom is 0.405 e. The summed E-state index contributed by atoms with van der Waals surface area (Å²) in [5, 5.41) is 11.6. The molecule has 1 aliphatic heterocycles. The van der Waals surface area contributed by atoms with Crippen molar-refractivity contribution < 1.29 is 28.2 Å². The van der Waals surface area contributed by atoms with Gasteiger partial charge < -0.3 is 25.0 Å². The molecular weight excluding hydrogens is 576 g/mol. The first-order valence-electron chi connectivity index (χ1n) is 14.0. The van der Waals surface area contributed by atoms with E-state index in [1.807, 2.05) is 30.9 Å². The number of aromatic nitrogens is 4. The van der Waals surface area contributed by atoms with E-state index in [-0.39, 0.29) is 29.8 Å². The lowest BCUT2D eigenvalue weighted by atomic mass is 10.1. The Bertz CT molecular complexity index is 1760. The molecule has 2 atom stereocenters. The number of nitrogens with one attached hydrogen (secondary N) is 1. The smallest absolute Gasteiger partial charge is 0.405 e. The Hall–Kier alpha value is -5.01. The summed E-state index contributed by atoms with van der Waals surface area (Å²) < 4.78 is 34.0. The molecule has 2 aromatic heterocycles. The zero-order chi connectivity index (χ0) is 31.7. The molecule has 14 heteroatoms. The van der Waals surface area contributed by atoms with Crippen LogP contribution in [0.2, 0.25) is 0 Å². The molecule has 2 unspecified atom stereocenters. The van der Waals surface area contributed by atoms with Crippen molar-refractivity contribution in [1.82, 2.24) is 29.5 Å². The van der Waals surface area contributed by atoms with Crippen LogP contribution in [-0.4, -0.2) is 79.7 Å². The van der Waals surface area contributed by atoms with Gasteiger partial charge in [-0.25, -0.2) is 14.8 Å². The summed E-state index contributed by atoms with van der Waals surface area (Å²) in [6, 6.07) is 9.30. The molecule has 1 fully saturated rings. The summed E-state index contributed by atoms with van der Waals surface area (Å²) in [6.07, 6.45) is 2.12. The van der Waals surface area contributed by atoms with Crippen molar-refractivity contribution in [3.63, 3.8) is 0 Å². The molecule has 2 amide bonds. The van der Waals surface area contributed by atoms with Gasteiger partial charge in [0, 0.05) is 56.2 Å². The number of carbonyl (C=O) groups excluding carboxylic acids is 1. The number of nitrogens with zero attached hydrogens (tertiary/aromatic N) is 6. The average Bonchev–Trinajstić information content (AvgIpc) is 3.21. The minimum absolute atomic E-state index is 0.0472. The second-order valence-corrected chi connectivity index (χ2v) is 10.9. The van der Waals surface area contributed by atoms with Crippen LogP contribution in [0.1, 0.15) is 25.0 Å². The fourth-order valence-corrected chi connectivity index (χ4v) is 5.54. The van der Waals surface area contributed by atoms with Crippen LogP contribution in [0.5, 0.6) is 5.75 Å². The first kappa shape index (κ1) is 30.4. The molecule has 1 aliphatic rings. The topological polar surface area (TPSA) is 135 Å². The third-order valence-electron chi connectivity index (χ3n) is 7.79. The van der Waals surface area contributed by atoms with E-state index in [2.05, 4.69) is 15.3 Å². The maximum absolute atomic E-state index is 13.1. The van der Waals surface area contributed by atoms with Gasteiger partial charge in [0.1, 0.15) is 11.8 Å². The summed E-state index contributed by atoms with van der Waals surface area (Å²) in [6.45, 7) is 3.77. The molecule has 0 spiro atoms. The van der Waals surface area contributed by atoms with E-state index in [4.69, 9.17) is 9.84 Å². The molecule has 0 bridgehead atoms. The van der Waals surface area contributed by atoms with E-state index in [0.29, 0.717) is 47.6 Å². The van der Waals surface area contributed by atoms with Gasteiger partial charge in [0.15, 0.2) is 0 Å². The highest BCUT2D eigenvalue weighted by Gasteiger charge is 2.31. The molecule has 2 N–H and O–H groups in total. The number of piperazine rings is 1. The number of aryl methyl sites for hydroxylation is 1. The van der Waals surface area contributed by atoms with E-state index in [1.54, 1.807) is 47.2 Å². The molecule has 4 aromatic rings. The second-order valence-electron chi connectivity index (χ2n) is 10.9. The number of hydrogen-bond donors (Lipinski definition) is 2. The number of rotatable bonds is 8. The molecule has 3 heterocycles. The monoisotopic (exact) mass is 609 g/mol. The highest BCUT2D eigenvalue weighted by Crippen LogP contribution is 2.27. The second kappa shape index (κ2) is 12.3. The zero-order valence-electron chi connectivity index (χ0n) is 24.7. The molecule has 0 radical (unpaired) electrons. The zero-order valence-corrected chi connectivity index (χ0v) is 24.7. The molecule has 0 saturated carbocycles. The Balaban J connectivity index is 1.37. The lowest BCUT2D eigenvalue weighted by molar-refractivity contribution is -0.135. The molecule has 12 nitrogen and oxygen atoms in total. The number of amides is 2. The maximum atomic E-state index is 13.1. The van der Waals surface area contributed by atoms with Crippen LogP contribution in [0.25, 0.3) is 22.0 Å². The summed E-state index contributed by atoms with van der Waals surface area (Å²) in [5.41, 5.74) is 3.26. The van der Waals surface area contributed by atoms with Gasteiger partial charge in [-0.05, 0) is 44.5 Å². The average molecular weight is 610 g/mol. The summed E-state index contributed by atoms with van der Waals surface area (Å²) in [5.74, 6) is 0.255. The number of benzene rings is 2. The van der Waals surface area contributed by atoms with Gasteiger partial charge in [-0.2, -0.15) is 8.78 Å². The van der Waals surface area contributed by atoms with Crippen LogP contribution in [0, 0.1) is 6.92 Å². The van der Waals surface area contributed by atoms with Crippen molar-refractivity contribution in [3.05, 3.63) is 70.3 Å². The van der Waals surface area contributed by atoms with Crippen molar-refractivity contribution in [2.24, 2.45) is 7.05 Å². The fourth-order valence-electron chi connectivity index (χ4n) is 5.54. The Morgan fingerprint density at radius 2 is 1.84 bits per heavy atom. The third kappa shape index (κ3) is 6.19. The van der Waals surface area contributed by atoms with Gasteiger partial charge in [0.05, 0.1) is 17.4 Å². The Labute approximate surface area is 251 Å². The quantitative estimate of drug-likeness (QED) is 0.310. The van der Waals surface area contributed by atoms with E-state index < -0.39 is 18.7 Å². The molecule has 44 heavy (non-hydrogen) atoms. The van der Waals surface area contributed by atoms with Crippen molar-refractivity contribution in [1.29, 1.82) is 0 Å². The normalized spacial score (nSPS) is 15.9. The van der Waals surface area contributed by atoms with Crippen LogP contribution in [0.4, 0.5) is 19.5 Å². The van der Waals surface area contributed by atoms with Gasteiger partial charge in [-0.1, -0.05) is 23.8 Å². The lowest BCUT2D eigenvalue weighted by Crippen LogP contribution is -2.58. The van der Waals surface area contributed by atoms with Crippen LogP contribution in [0.15, 0.2) is 53.6 Å². The van der Waals surface area contributed by atoms with Crippen LogP contribution < -0.4 is 20.5 Å². The number of fused-ring (bicyclic) bond motifs is 1. The first-order valence-corrected chi connectivity index (χ1v) is 14.0. The molecule has 232 valence electrons. The largest absolute Gasteiger partial charge is 0.465 e. The Kier molecular flexibility index (Phi) is 8.52. The van der Waals surface area contributed by atoms with Gasteiger partial charge >= 0.3 is 12.7 Å². The molecular formula is C30H33F2N7O5. The Morgan fingerprint density at radius 1 is 1.11 bits per heavy atom. The molecule has 0 aliphatic carbocycles. The standard InChI is InChI=1S/C30H33F2N7O5/c1-17-5-8-25(44-28(31)32)21(11-17)16-39-24-12-20(6-7-23(24)27(41)36(39)4)22-13-33-29(34-14-22)37-9-10-38(18(2)15-37)26(40)19(3)35-30(42)43/h5-8,11-14,18-19,28,35H,9-10,15-16H2,1-4H3,(H,42,43). The number of ether oxygens (including phenoxy) is 1. The number of hydrogen-bond acceptors (Lipinski definition) is 7.